The summed E-state index contributed by atoms with van der Waals surface area (Å²) in [4.78, 5) is 11.3. The van der Waals surface area contributed by atoms with Gasteiger partial charge in [-0.15, -0.1) is 0 Å². The maximum atomic E-state index is 12.6. The molecule has 0 aromatic rings. The Morgan fingerprint density at radius 3 is 1.60 bits per heavy atom. The lowest BCUT2D eigenvalue weighted by atomic mass is 10.2. The van der Waals surface area contributed by atoms with Gasteiger partial charge in [0.2, 0.25) is 0 Å². The molecule has 0 amide bonds. The maximum absolute atomic E-state index is 12.6. The van der Waals surface area contributed by atoms with E-state index in [-0.39, 0.29) is 5.57 Å². The smallest absolute Gasteiger partial charge is 0.459 e. The molecule has 1 atom stereocenters. The van der Waals surface area contributed by atoms with Crippen LogP contribution in [-0.4, -0.2) is 44.5 Å². The summed E-state index contributed by atoms with van der Waals surface area (Å²) in [6.07, 6.45) is -4.00. The molecule has 1 unspecified atom stereocenters. The van der Waals surface area contributed by atoms with Crippen LogP contribution in [0.15, 0.2) is 12.2 Å². The molecule has 0 saturated carbocycles. The van der Waals surface area contributed by atoms with Crippen molar-refractivity contribution in [2.75, 3.05) is 0 Å². The summed E-state index contributed by atoms with van der Waals surface area (Å²) in [5.41, 5.74) is -12.8. The Hall–Kier alpha value is -1.31. The summed E-state index contributed by atoms with van der Waals surface area (Å²) in [6, 6.07) is 0. The van der Waals surface area contributed by atoms with Gasteiger partial charge < -0.3 is 4.74 Å². The SMILES string of the molecule is C=C(C)C(=O)OC(CC)CC(S(=O)(=O)C(F)(F)F)S(=O)(=O)C(F)(F)F. The number of hydrogen-bond donors (Lipinski definition) is 0. The molecule has 14 heteroatoms. The molecule has 0 N–H and O–H groups in total. The van der Waals surface area contributed by atoms with E-state index in [1.165, 1.54) is 0 Å². The van der Waals surface area contributed by atoms with E-state index in [1.807, 2.05) is 0 Å². The average Bonchev–Trinajstić information content (AvgIpc) is 2.39. The van der Waals surface area contributed by atoms with Crippen molar-refractivity contribution in [3.63, 3.8) is 0 Å². The summed E-state index contributed by atoms with van der Waals surface area (Å²) >= 11 is 0. The van der Waals surface area contributed by atoms with Gasteiger partial charge in [-0.1, -0.05) is 13.5 Å². The van der Waals surface area contributed by atoms with Gasteiger partial charge in [-0.3, -0.25) is 0 Å². The first-order valence-electron chi connectivity index (χ1n) is 6.36. The van der Waals surface area contributed by atoms with Gasteiger partial charge in [0.1, 0.15) is 6.10 Å². The average molecular weight is 420 g/mol. The number of sulfone groups is 2. The van der Waals surface area contributed by atoms with Gasteiger partial charge in [0.15, 0.2) is 4.58 Å². The van der Waals surface area contributed by atoms with E-state index >= 15 is 0 Å². The number of carbonyl (C=O) groups excluding carboxylic acids is 1. The molecule has 25 heavy (non-hydrogen) atoms. The van der Waals surface area contributed by atoms with Crippen LogP contribution in [-0.2, 0) is 29.2 Å². The zero-order valence-corrected chi connectivity index (χ0v) is 14.4. The van der Waals surface area contributed by atoms with Gasteiger partial charge in [-0.25, -0.2) is 21.6 Å². The number of carbonyl (C=O) groups is 1. The Morgan fingerprint density at radius 2 is 1.36 bits per heavy atom. The van der Waals surface area contributed by atoms with Crippen molar-refractivity contribution in [2.24, 2.45) is 0 Å². The van der Waals surface area contributed by atoms with Crippen LogP contribution >= 0.6 is 0 Å². The van der Waals surface area contributed by atoms with E-state index in [1.54, 1.807) is 0 Å². The fraction of sp³-hybridized carbons (Fsp3) is 0.727. The maximum Gasteiger partial charge on any atom is 0.498 e. The zero-order valence-electron chi connectivity index (χ0n) is 12.8. The van der Waals surface area contributed by atoms with E-state index in [0.29, 0.717) is 0 Å². The van der Waals surface area contributed by atoms with E-state index in [2.05, 4.69) is 11.3 Å². The molecule has 0 rings (SSSR count). The largest absolute Gasteiger partial charge is 0.498 e. The molecule has 0 fully saturated rings. The minimum atomic E-state index is -6.76. The van der Waals surface area contributed by atoms with E-state index < -0.39 is 60.2 Å². The van der Waals surface area contributed by atoms with Crippen molar-refractivity contribution < 1.29 is 52.7 Å². The standard InChI is InChI=1S/C11H14F6O6S2/c1-4-7(23-9(18)6(2)3)5-8(24(19,20)10(12,13)14)25(21,22)11(15,16)17/h7-8H,2,4-5H2,1,3H3. The van der Waals surface area contributed by atoms with Crippen LogP contribution in [0.1, 0.15) is 26.7 Å². The summed E-state index contributed by atoms with van der Waals surface area (Å²) < 4.78 is 122. The zero-order chi connectivity index (χ0) is 20.4. The second kappa shape index (κ2) is 7.51. The first-order chi connectivity index (χ1) is 10.9. The molecule has 0 bridgehead atoms. The lowest BCUT2D eigenvalue weighted by molar-refractivity contribution is -0.144. The second-order valence-electron chi connectivity index (χ2n) is 4.86. The number of halogens is 6. The fourth-order valence-corrected chi connectivity index (χ4v) is 5.00. The normalized spacial score (nSPS) is 15.1. The fourth-order valence-electron chi connectivity index (χ4n) is 1.48. The minimum absolute atomic E-state index is 0.271. The molecule has 0 radical (unpaired) electrons. The van der Waals surface area contributed by atoms with Gasteiger partial charge in [-0.05, 0) is 13.3 Å². The quantitative estimate of drug-likeness (QED) is 0.357. The third kappa shape index (κ3) is 5.33. The molecule has 0 aromatic carbocycles. The number of alkyl halides is 6. The van der Waals surface area contributed by atoms with Gasteiger partial charge >= 0.3 is 17.0 Å². The third-order valence-electron chi connectivity index (χ3n) is 2.87. The molecule has 0 heterocycles. The molecule has 0 aliphatic rings. The molecule has 0 aromatic heterocycles. The number of esters is 1. The predicted molar refractivity (Wildman–Crippen MR) is 73.3 cm³/mol. The Kier molecular flexibility index (Phi) is 7.12. The number of rotatable bonds is 7. The lowest BCUT2D eigenvalue weighted by Gasteiger charge is -2.24. The van der Waals surface area contributed by atoms with Gasteiger partial charge in [-0.2, -0.15) is 26.3 Å². The molecular weight excluding hydrogens is 406 g/mol. The molecule has 148 valence electrons. The first kappa shape index (κ1) is 23.7. The summed E-state index contributed by atoms with van der Waals surface area (Å²) in [5, 5.41) is 0. The Morgan fingerprint density at radius 1 is 1.00 bits per heavy atom. The summed E-state index contributed by atoms with van der Waals surface area (Å²) in [6.45, 7) is 5.39. The van der Waals surface area contributed by atoms with Crippen LogP contribution in [0.3, 0.4) is 0 Å². The van der Waals surface area contributed by atoms with Gasteiger partial charge in [0.05, 0.1) is 0 Å². The highest BCUT2D eigenvalue weighted by molar-refractivity contribution is 8.09. The second-order valence-corrected chi connectivity index (χ2v) is 9.40. The molecule has 0 aliphatic heterocycles. The Balaban J connectivity index is 6.11. The van der Waals surface area contributed by atoms with Crippen molar-refractivity contribution in [3.05, 3.63) is 12.2 Å². The lowest BCUT2D eigenvalue weighted by Crippen LogP contribution is -2.46. The molecule has 0 aliphatic carbocycles. The topological polar surface area (TPSA) is 94.6 Å². The van der Waals surface area contributed by atoms with Crippen LogP contribution in [0.4, 0.5) is 26.3 Å². The highest BCUT2D eigenvalue weighted by Gasteiger charge is 2.63. The van der Waals surface area contributed by atoms with Crippen molar-refractivity contribution >= 4 is 25.6 Å². The summed E-state index contributed by atoms with van der Waals surface area (Å²) in [5.74, 6) is -1.22. The monoisotopic (exact) mass is 420 g/mol. The van der Waals surface area contributed by atoms with E-state index in [0.717, 1.165) is 13.8 Å². The van der Waals surface area contributed by atoms with Crippen molar-refractivity contribution in [3.8, 4) is 0 Å². The van der Waals surface area contributed by atoms with E-state index in [9.17, 15) is 48.0 Å². The molecular formula is C11H14F6O6S2. The molecule has 0 saturated heterocycles. The number of hydrogen-bond acceptors (Lipinski definition) is 6. The highest BCUT2D eigenvalue weighted by atomic mass is 32.3. The highest BCUT2D eigenvalue weighted by Crippen LogP contribution is 2.38. The summed E-state index contributed by atoms with van der Waals surface area (Å²) in [7, 11) is -13.5. The van der Waals surface area contributed by atoms with Crippen LogP contribution in [0.25, 0.3) is 0 Å². The minimum Gasteiger partial charge on any atom is -0.459 e. The van der Waals surface area contributed by atoms with Gasteiger partial charge in [0, 0.05) is 12.0 Å². The third-order valence-corrected chi connectivity index (χ3v) is 7.45. The van der Waals surface area contributed by atoms with Crippen LogP contribution in [0.2, 0.25) is 0 Å². The first-order valence-corrected chi connectivity index (χ1v) is 9.45. The van der Waals surface area contributed by atoms with Crippen molar-refractivity contribution in [1.29, 1.82) is 0 Å². The molecule has 0 spiro atoms. The van der Waals surface area contributed by atoms with E-state index in [4.69, 9.17) is 0 Å². The van der Waals surface area contributed by atoms with Crippen LogP contribution < -0.4 is 0 Å². The van der Waals surface area contributed by atoms with Crippen LogP contribution in [0.5, 0.6) is 0 Å². The predicted octanol–water partition coefficient (Wildman–Crippen LogP) is 2.47. The van der Waals surface area contributed by atoms with Crippen LogP contribution in [0, 0.1) is 0 Å². The molecule has 6 nitrogen and oxygen atoms in total. The Bertz CT molecular complexity index is 675. The number of ether oxygens (including phenoxy) is 1. The van der Waals surface area contributed by atoms with Gasteiger partial charge in [0.25, 0.3) is 19.7 Å². The Labute approximate surface area is 139 Å². The van der Waals surface area contributed by atoms with Crippen molar-refractivity contribution in [2.45, 2.75) is 48.4 Å². The van der Waals surface area contributed by atoms with Crippen molar-refractivity contribution in [1.82, 2.24) is 0 Å².